The third kappa shape index (κ3) is 4.51. The third-order valence-electron chi connectivity index (χ3n) is 2.12. The van der Waals surface area contributed by atoms with Gasteiger partial charge in [-0.3, -0.25) is 4.79 Å². The van der Waals surface area contributed by atoms with Crippen LogP contribution in [-0.2, 0) is 4.79 Å². The molecule has 0 saturated heterocycles. The molecule has 0 aliphatic heterocycles. The van der Waals surface area contributed by atoms with E-state index in [1.165, 1.54) is 6.07 Å². The van der Waals surface area contributed by atoms with Gasteiger partial charge in [0.05, 0.1) is 24.7 Å². The normalized spacial score (nSPS) is 9.47. The molecule has 17 heavy (non-hydrogen) atoms. The highest BCUT2D eigenvalue weighted by Gasteiger charge is 2.04. The van der Waals surface area contributed by atoms with E-state index in [4.69, 9.17) is 5.26 Å². The molecule has 0 saturated carbocycles. The lowest BCUT2D eigenvalue weighted by atomic mass is 10.2. The van der Waals surface area contributed by atoms with Crippen molar-refractivity contribution < 1.29 is 9.18 Å². The van der Waals surface area contributed by atoms with Gasteiger partial charge in [0.2, 0.25) is 5.91 Å². The number of amides is 1. The van der Waals surface area contributed by atoms with Crippen LogP contribution in [0.15, 0.2) is 18.2 Å². The lowest BCUT2D eigenvalue weighted by Gasteiger charge is -2.08. The average molecular weight is 235 g/mol. The molecule has 0 radical (unpaired) electrons. The van der Waals surface area contributed by atoms with E-state index in [1.807, 2.05) is 13.0 Å². The number of hydrogen-bond acceptors (Lipinski definition) is 3. The molecular formula is C12H14FN3O. The van der Waals surface area contributed by atoms with Crippen molar-refractivity contribution in [3.8, 4) is 6.07 Å². The van der Waals surface area contributed by atoms with Crippen LogP contribution < -0.4 is 10.6 Å². The molecule has 0 bridgehead atoms. The summed E-state index contributed by atoms with van der Waals surface area (Å²) >= 11 is 0. The number of nitriles is 1. The summed E-state index contributed by atoms with van der Waals surface area (Å²) in [7, 11) is 0. The largest absolute Gasteiger partial charge is 0.374 e. The van der Waals surface area contributed by atoms with Gasteiger partial charge in [-0.2, -0.15) is 5.26 Å². The Hall–Kier alpha value is -2.09. The Bertz CT molecular complexity index is 440. The zero-order valence-electron chi connectivity index (χ0n) is 9.59. The van der Waals surface area contributed by atoms with E-state index >= 15 is 0 Å². The molecule has 1 aromatic carbocycles. The summed E-state index contributed by atoms with van der Waals surface area (Å²) in [4.78, 5) is 11.3. The molecule has 0 aliphatic rings. The molecule has 2 N–H and O–H groups in total. The zero-order valence-corrected chi connectivity index (χ0v) is 9.59. The standard InChI is InChI=1S/C12H14FN3O/c1-9-3-4-10(13)11(7-9)16-8-12(17)15-6-2-5-14/h3-4,7,16H,2,6,8H2,1H3,(H,15,17). The molecular weight excluding hydrogens is 221 g/mol. The maximum atomic E-state index is 13.3. The van der Waals surface area contributed by atoms with Crippen molar-refractivity contribution in [2.75, 3.05) is 18.4 Å². The number of halogens is 1. The first-order chi connectivity index (χ1) is 8.13. The van der Waals surface area contributed by atoms with E-state index < -0.39 is 0 Å². The topological polar surface area (TPSA) is 64.9 Å². The van der Waals surface area contributed by atoms with Crippen LogP contribution in [0.25, 0.3) is 0 Å². The molecule has 0 atom stereocenters. The van der Waals surface area contributed by atoms with Crippen molar-refractivity contribution in [1.29, 1.82) is 5.26 Å². The van der Waals surface area contributed by atoms with Crippen LogP contribution in [0, 0.1) is 24.1 Å². The first-order valence-corrected chi connectivity index (χ1v) is 5.27. The van der Waals surface area contributed by atoms with Crippen LogP contribution in [0.3, 0.4) is 0 Å². The second-order valence-corrected chi connectivity index (χ2v) is 3.59. The lowest BCUT2D eigenvalue weighted by Crippen LogP contribution is -2.30. The molecule has 0 unspecified atom stereocenters. The summed E-state index contributed by atoms with van der Waals surface area (Å²) in [5.74, 6) is -0.651. The third-order valence-corrected chi connectivity index (χ3v) is 2.12. The molecule has 1 rings (SSSR count). The number of benzene rings is 1. The van der Waals surface area contributed by atoms with Crippen molar-refractivity contribution in [2.45, 2.75) is 13.3 Å². The summed E-state index contributed by atoms with van der Waals surface area (Å²) < 4.78 is 13.3. The van der Waals surface area contributed by atoms with Gasteiger partial charge >= 0.3 is 0 Å². The van der Waals surface area contributed by atoms with E-state index in [0.717, 1.165) is 5.56 Å². The van der Waals surface area contributed by atoms with Crippen molar-refractivity contribution in [3.05, 3.63) is 29.6 Å². The van der Waals surface area contributed by atoms with Crippen molar-refractivity contribution in [3.63, 3.8) is 0 Å². The van der Waals surface area contributed by atoms with Crippen LogP contribution in [0.1, 0.15) is 12.0 Å². The van der Waals surface area contributed by atoms with Crippen LogP contribution in [0.2, 0.25) is 0 Å². The highest BCUT2D eigenvalue weighted by molar-refractivity contribution is 5.80. The van der Waals surface area contributed by atoms with Gasteiger partial charge in [0.15, 0.2) is 0 Å². The summed E-state index contributed by atoms with van der Waals surface area (Å²) in [6.45, 7) is 2.15. The highest BCUT2D eigenvalue weighted by atomic mass is 19.1. The average Bonchev–Trinajstić information content (AvgIpc) is 2.31. The van der Waals surface area contributed by atoms with Gasteiger partial charge < -0.3 is 10.6 Å². The maximum absolute atomic E-state index is 13.3. The predicted octanol–water partition coefficient (Wildman–Crippen LogP) is 1.58. The van der Waals surface area contributed by atoms with E-state index in [1.54, 1.807) is 12.1 Å². The van der Waals surface area contributed by atoms with E-state index in [9.17, 15) is 9.18 Å². The number of anilines is 1. The molecule has 5 heteroatoms. The molecule has 90 valence electrons. The van der Waals surface area contributed by atoms with Crippen molar-refractivity contribution in [1.82, 2.24) is 5.32 Å². The Morgan fingerprint density at radius 2 is 2.29 bits per heavy atom. The number of nitrogens with one attached hydrogen (secondary N) is 2. The SMILES string of the molecule is Cc1ccc(F)c(NCC(=O)NCCC#N)c1. The monoisotopic (exact) mass is 235 g/mol. The molecule has 0 heterocycles. The Kier molecular flexibility index (Phi) is 4.95. The molecule has 1 aromatic rings. The van der Waals surface area contributed by atoms with Gasteiger partial charge in [-0.15, -0.1) is 0 Å². The van der Waals surface area contributed by atoms with Crippen molar-refractivity contribution >= 4 is 11.6 Å². The summed E-state index contributed by atoms with van der Waals surface area (Å²) in [6.07, 6.45) is 0.268. The van der Waals surface area contributed by atoms with Gasteiger partial charge in [0.1, 0.15) is 5.82 Å². The second kappa shape index (κ2) is 6.48. The molecule has 0 aromatic heterocycles. The predicted molar refractivity (Wildman–Crippen MR) is 62.9 cm³/mol. The fourth-order valence-corrected chi connectivity index (χ4v) is 1.27. The summed E-state index contributed by atoms with van der Waals surface area (Å²) in [5, 5.41) is 13.5. The van der Waals surface area contributed by atoms with Crippen molar-refractivity contribution in [2.24, 2.45) is 0 Å². The number of carbonyl (C=O) groups is 1. The lowest BCUT2D eigenvalue weighted by molar-refractivity contribution is -0.119. The Balaban J connectivity index is 2.42. The fourth-order valence-electron chi connectivity index (χ4n) is 1.27. The van der Waals surface area contributed by atoms with Gasteiger partial charge in [0, 0.05) is 6.54 Å². The quantitative estimate of drug-likeness (QED) is 0.761. The van der Waals surface area contributed by atoms with Gasteiger partial charge in [-0.05, 0) is 24.6 Å². The molecule has 0 aliphatic carbocycles. The smallest absolute Gasteiger partial charge is 0.239 e. The number of nitrogens with zero attached hydrogens (tertiary/aromatic N) is 1. The summed E-state index contributed by atoms with van der Waals surface area (Å²) in [6, 6.07) is 6.57. The Morgan fingerprint density at radius 1 is 1.53 bits per heavy atom. The van der Waals surface area contributed by atoms with Gasteiger partial charge in [0.25, 0.3) is 0 Å². The number of aryl methyl sites for hydroxylation is 1. The van der Waals surface area contributed by atoms with E-state index in [2.05, 4.69) is 10.6 Å². The van der Waals surface area contributed by atoms with E-state index in [0.29, 0.717) is 12.2 Å². The number of carbonyl (C=O) groups excluding carboxylic acids is 1. The zero-order chi connectivity index (χ0) is 12.7. The Morgan fingerprint density at radius 3 is 3.00 bits per heavy atom. The minimum atomic E-state index is -0.388. The van der Waals surface area contributed by atoms with E-state index in [-0.39, 0.29) is 24.7 Å². The van der Waals surface area contributed by atoms with Crippen LogP contribution >= 0.6 is 0 Å². The molecule has 4 nitrogen and oxygen atoms in total. The molecule has 1 amide bonds. The molecule has 0 fully saturated rings. The minimum Gasteiger partial charge on any atom is -0.374 e. The van der Waals surface area contributed by atoms with Crippen LogP contribution in [0.4, 0.5) is 10.1 Å². The minimum absolute atomic E-state index is 0.00813. The molecule has 0 spiro atoms. The second-order valence-electron chi connectivity index (χ2n) is 3.59. The van der Waals surface area contributed by atoms with Crippen LogP contribution in [0.5, 0.6) is 0 Å². The summed E-state index contributed by atoms with van der Waals surface area (Å²) in [5.41, 5.74) is 1.22. The highest BCUT2D eigenvalue weighted by Crippen LogP contribution is 2.14. The first-order valence-electron chi connectivity index (χ1n) is 5.27. The maximum Gasteiger partial charge on any atom is 0.239 e. The van der Waals surface area contributed by atoms with Gasteiger partial charge in [-0.25, -0.2) is 4.39 Å². The first kappa shape index (κ1) is 13.0. The van der Waals surface area contributed by atoms with Crippen LogP contribution in [-0.4, -0.2) is 19.0 Å². The number of rotatable bonds is 5. The van der Waals surface area contributed by atoms with Gasteiger partial charge in [-0.1, -0.05) is 6.07 Å². The fraction of sp³-hybridized carbons (Fsp3) is 0.333. The Labute approximate surface area is 99.4 Å². The number of hydrogen-bond donors (Lipinski definition) is 2.